The summed E-state index contributed by atoms with van der Waals surface area (Å²) in [6.45, 7) is 2.58. The molecule has 0 radical (unpaired) electrons. The van der Waals surface area contributed by atoms with Crippen molar-refractivity contribution in [2.45, 2.75) is 6.04 Å². The first-order chi connectivity index (χ1) is 11.1. The van der Waals surface area contributed by atoms with Crippen LogP contribution in [0.25, 0.3) is 0 Å². The molecule has 4 rings (SSSR count). The molecule has 0 aliphatic carbocycles. The van der Waals surface area contributed by atoms with E-state index in [4.69, 9.17) is 0 Å². The van der Waals surface area contributed by atoms with Gasteiger partial charge in [-0.05, 0) is 36.7 Å². The van der Waals surface area contributed by atoms with Gasteiger partial charge >= 0.3 is 0 Å². The summed E-state index contributed by atoms with van der Waals surface area (Å²) < 4.78 is 27.6. The molecule has 0 unspecified atom stereocenters. The molecule has 0 bridgehead atoms. The number of hydrogen-bond donors (Lipinski definition) is 0. The number of aromatic nitrogens is 1. The van der Waals surface area contributed by atoms with Crippen LogP contribution in [0.4, 0.5) is 14.5 Å². The highest BCUT2D eigenvalue weighted by Crippen LogP contribution is 2.45. The van der Waals surface area contributed by atoms with Gasteiger partial charge in [-0.1, -0.05) is 12.1 Å². The number of hydrogen-bond acceptors (Lipinski definition) is 3. The minimum absolute atomic E-state index is 0.186. The number of likely N-dealkylation sites (tertiary alicyclic amines) is 1. The average Bonchev–Trinajstić information content (AvgIpc) is 3.04. The molecule has 0 spiro atoms. The number of anilines is 1. The SMILES string of the molecule is CN1C[C@H]2CN(c3ccncc3F)C[C@H]2[C@@H]1c1cccc(F)c1. The van der Waals surface area contributed by atoms with Crippen LogP contribution in [-0.4, -0.2) is 36.6 Å². The summed E-state index contributed by atoms with van der Waals surface area (Å²) >= 11 is 0. The van der Waals surface area contributed by atoms with E-state index in [0.717, 1.165) is 25.2 Å². The highest BCUT2D eigenvalue weighted by Gasteiger charge is 2.46. The molecular weight excluding hydrogens is 296 g/mol. The molecule has 23 heavy (non-hydrogen) atoms. The molecule has 1 aromatic carbocycles. The van der Waals surface area contributed by atoms with Gasteiger partial charge in [-0.2, -0.15) is 0 Å². The van der Waals surface area contributed by atoms with Crippen LogP contribution in [0.5, 0.6) is 0 Å². The van der Waals surface area contributed by atoms with E-state index in [2.05, 4.69) is 21.8 Å². The Hall–Kier alpha value is -2.01. The van der Waals surface area contributed by atoms with Gasteiger partial charge in [0.2, 0.25) is 0 Å². The Bertz CT molecular complexity index is 721. The molecule has 2 aliphatic heterocycles. The Kier molecular flexibility index (Phi) is 3.53. The first kappa shape index (κ1) is 14.6. The molecule has 1 aromatic heterocycles. The molecule has 5 heteroatoms. The Morgan fingerprint density at radius 1 is 1.13 bits per heavy atom. The molecule has 2 aliphatic rings. The van der Waals surface area contributed by atoms with E-state index in [-0.39, 0.29) is 17.7 Å². The number of nitrogens with zero attached hydrogens (tertiary/aromatic N) is 3. The van der Waals surface area contributed by atoms with Crippen LogP contribution >= 0.6 is 0 Å². The Balaban J connectivity index is 1.61. The van der Waals surface area contributed by atoms with E-state index >= 15 is 0 Å². The van der Waals surface area contributed by atoms with Crippen molar-refractivity contribution in [1.29, 1.82) is 0 Å². The van der Waals surface area contributed by atoms with Crippen LogP contribution in [0.3, 0.4) is 0 Å². The summed E-state index contributed by atoms with van der Waals surface area (Å²) in [5.74, 6) is 0.382. The number of benzene rings is 1. The van der Waals surface area contributed by atoms with Crippen molar-refractivity contribution in [3.05, 3.63) is 59.9 Å². The molecular formula is C18H19F2N3. The highest BCUT2D eigenvalue weighted by molar-refractivity contribution is 5.48. The second-order valence-electron chi connectivity index (χ2n) is 6.60. The topological polar surface area (TPSA) is 19.4 Å². The lowest BCUT2D eigenvalue weighted by atomic mass is 9.89. The van der Waals surface area contributed by atoms with Crippen LogP contribution in [0.2, 0.25) is 0 Å². The second kappa shape index (κ2) is 5.57. The van der Waals surface area contributed by atoms with Crippen molar-refractivity contribution in [3.63, 3.8) is 0 Å². The summed E-state index contributed by atoms with van der Waals surface area (Å²) in [5.41, 5.74) is 1.63. The number of rotatable bonds is 2. The zero-order valence-corrected chi connectivity index (χ0v) is 13.0. The van der Waals surface area contributed by atoms with Crippen LogP contribution < -0.4 is 4.90 Å². The lowest BCUT2D eigenvalue weighted by Crippen LogP contribution is -2.29. The lowest BCUT2D eigenvalue weighted by Gasteiger charge is -2.27. The largest absolute Gasteiger partial charge is 0.368 e. The number of fused-ring (bicyclic) bond motifs is 1. The third kappa shape index (κ3) is 2.49. The van der Waals surface area contributed by atoms with Gasteiger partial charge in [-0.15, -0.1) is 0 Å². The first-order valence-corrected chi connectivity index (χ1v) is 7.93. The zero-order valence-electron chi connectivity index (χ0n) is 13.0. The lowest BCUT2D eigenvalue weighted by molar-refractivity contribution is 0.279. The number of halogens is 2. The number of pyridine rings is 1. The predicted molar refractivity (Wildman–Crippen MR) is 85.2 cm³/mol. The Morgan fingerprint density at radius 2 is 2.00 bits per heavy atom. The molecule has 3 heterocycles. The molecule has 2 aromatic rings. The van der Waals surface area contributed by atoms with Gasteiger partial charge in [-0.3, -0.25) is 9.88 Å². The van der Waals surface area contributed by atoms with Crippen LogP contribution in [0.1, 0.15) is 11.6 Å². The predicted octanol–water partition coefficient (Wildman–Crippen LogP) is 3.10. The standard InChI is InChI=1S/C18H19F2N3/c1-22-9-13-10-23(17-5-6-21-8-16(17)20)11-15(13)18(22)12-3-2-4-14(19)7-12/h2-8,13,15,18H,9-11H2,1H3/t13-,15+,18-/m0/s1. The fourth-order valence-corrected chi connectivity index (χ4v) is 4.27. The highest BCUT2D eigenvalue weighted by atomic mass is 19.1. The maximum Gasteiger partial charge on any atom is 0.164 e. The smallest absolute Gasteiger partial charge is 0.164 e. The fourth-order valence-electron chi connectivity index (χ4n) is 4.27. The van der Waals surface area contributed by atoms with Crippen molar-refractivity contribution in [2.24, 2.45) is 11.8 Å². The second-order valence-corrected chi connectivity index (χ2v) is 6.60. The fraction of sp³-hybridized carbons (Fsp3) is 0.389. The summed E-state index contributed by atoms with van der Waals surface area (Å²) in [6.07, 6.45) is 2.89. The summed E-state index contributed by atoms with van der Waals surface area (Å²) in [4.78, 5) is 8.22. The van der Waals surface area contributed by atoms with Crippen molar-refractivity contribution >= 4 is 5.69 Å². The van der Waals surface area contributed by atoms with E-state index in [1.165, 1.54) is 12.3 Å². The minimum atomic E-state index is -0.275. The molecule has 3 nitrogen and oxygen atoms in total. The molecule has 2 saturated heterocycles. The monoisotopic (exact) mass is 315 g/mol. The van der Waals surface area contributed by atoms with Crippen molar-refractivity contribution in [1.82, 2.24) is 9.88 Å². The first-order valence-electron chi connectivity index (χ1n) is 7.93. The molecule has 0 amide bonds. The van der Waals surface area contributed by atoms with Gasteiger partial charge < -0.3 is 4.90 Å². The zero-order chi connectivity index (χ0) is 16.0. The minimum Gasteiger partial charge on any atom is -0.368 e. The maximum atomic E-state index is 14.0. The maximum absolute atomic E-state index is 14.0. The van der Waals surface area contributed by atoms with E-state index in [1.807, 2.05) is 6.07 Å². The van der Waals surface area contributed by atoms with E-state index in [1.54, 1.807) is 24.4 Å². The Morgan fingerprint density at radius 3 is 2.78 bits per heavy atom. The van der Waals surface area contributed by atoms with Crippen LogP contribution in [0.15, 0.2) is 42.7 Å². The molecule has 2 fully saturated rings. The third-order valence-corrected chi connectivity index (χ3v) is 5.18. The van der Waals surface area contributed by atoms with Crippen molar-refractivity contribution in [3.8, 4) is 0 Å². The van der Waals surface area contributed by atoms with Crippen molar-refractivity contribution < 1.29 is 8.78 Å². The van der Waals surface area contributed by atoms with Gasteiger partial charge in [0.1, 0.15) is 5.82 Å². The van der Waals surface area contributed by atoms with Gasteiger partial charge in [0.15, 0.2) is 5.82 Å². The molecule has 0 saturated carbocycles. The van der Waals surface area contributed by atoms with Crippen LogP contribution in [-0.2, 0) is 0 Å². The average molecular weight is 315 g/mol. The van der Waals surface area contributed by atoms with E-state index < -0.39 is 0 Å². The van der Waals surface area contributed by atoms with Crippen LogP contribution in [0, 0.1) is 23.5 Å². The quantitative estimate of drug-likeness (QED) is 0.849. The van der Waals surface area contributed by atoms with E-state index in [9.17, 15) is 8.78 Å². The van der Waals surface area contributed by atoms with Gasteiger partial charge in [0.25, 0.3) is 0 Å². The third-order valence-electron chi connectivity index (χ3n) is 5.18. The van der Waals surface area contributed by atoms with E-state index in [0.29, 0.717) is 17.5 Å². The summed E-state index contributed by atoms with van der Waals surface area (Å²) in [7, 11) is 2.09. The summed E-state index contributed by atoms with van der Waals surface area (Å²) in [5, 5.41) is 0. The Labute approximate surface area is 134 Å². The van der Waals surface area contributed by atoms with Gasteiger partial charge in [-0.25, -0.2) is 8.78 Å². The summed E-state index contributed by atoms with van der Waals surface area (Å²) in [6, 6.07) is 8.77. The van der Waals surface area contributed by atoms with Crippen molar-refractivity contribution in [2.75, 3.05) is 31.6 Å². The van der Waals surface area contributed by atoms with Gasteiger partial charge in [0, 0.05) is 37.8 Å². The molecule has 0 N–H and O–H groups in total. The molecule has 3 atom stereocenters. The normalized spacial score (nSPS) is 27.4. The molecule has 120 valence electrons. The van der Waals surface area contributed by atoms with Gasteiger partial charge in [0.05, 0.1) is 11.9 Å².